The molecular weight excluding hydrogens is 1300 g/mol. The molecule has 8 bridgehead atoms. The van der Waals surface area contributed by atoms with Crippen molar-refractivity contribution in [3.63, 3.8) is 0 Å². The van der Waals surface area contributed by atoms with E-state index < -0.39 is 5.97 Å². The maximum atomic E-state index is 12.6. The Morgan fingerprint density at radius 2 is 0.674 bits per heavy atom. The van der Waals surface area contributed by atoms with Crippen molar-refractivity contribution >= 4 is 118 Å². The molecule has 10 nitrogen and oxygen atoms in total. The maximum absolute atomic E-state index is 12.6. The van der Waals surface area contributed by atoms with E-state index in [0.29, 0.717) is 51.0 Å². The van der Waals surface area contributed by atoms with Crippen LogP contribution in [-0.4, -0.2) is 41.0 Å². The largest absolute Gasteiger partial charge is 2.00 e. The molecule has 0 amide bonds. The van der Waals surface area contributed by atoms with Crippen LogP contribution in [-0.2, 0) is 38.7 Å². The second-order valence-electron chi connectivity index (χ2n) is 23.6. The number of aromatic carboxylic acids is 1. The van der Waals surface area contributed by atoms with Gasteiger partial charge in [0.25, 0.3) is 0 Å². The van der Waals surface area contributed by atoms with Gasteiger partial charge in [0, 0.05) is 103 Å². The Bertz CT molecular complexity index is 4980. The third-order valence-electron chi connectivity index (χ3n) is 17.2. The minimum Gasteiger partial charge on any atom is -0.478 e. The molecule has 0 atom stereocenters. The first kappa shape index (κ1) is 62.0. The van der Waals surface area contributed by atoms with Gasteiger partial charge in [-0.3, -0.25) is 0 Å². The van der Waals surface area contributed by atoms with Gasteiger partial charge in [-0.15, -0.1) is 68.0 Å². The predicted molar refractivity (Wildman–Crippen MR) is 384 cm³/mol. The average molecular weight is 1370 g/mol. The zero-order valence-corrected chi connectivity index (χ0v) is 59.4. The van der Waals surface area contributed by atoms with Crippen molar-refractivity contribution in [2.75, 3.05) is 0 Å². The minimum atomic E-state index is -1.06. The molecular formula is C75H64N8O2S6Zn. The Morgan fingerprint density at radius 3 is 1.09 bits per heavy atom. The van der Waals surface area contributed by atoms with Gasteiger partial charge in [-0.2, -0.15) is 0 Å². The minimum absolute atomic E-state index is 0. The molecule has 454 valence electrons. The number of carboxylic acids is 1. The summed E-state index contributed by atoms with van der Waals surface area (Å²) in [5.41, 5.74) is 7.98. The molecule has 1 N–H and O–H groups in total. The van der Waals surface area contributed by atoms with Crippen LogP contribution in [0.25, 0.3) is 150 Å². The first-order valence-corrected chi connectivity index (χ1v) is 36.7. The third kappa shape index (κ3) is 12.6. The summed E-state index contributed by atoms with van der Waals surface area (Å²) < 4.78 is 0. The van der Waals surface area contributed by atoms with Gasteiger partial charge < -0.3 is 35.0 Å². The summed E-state index contributed by atoms with van der Waals surface area (Å²) >= 11 is 11.0. The Balaban J connectivity index is 0.00000735. The number of hydrogen-bond donors (Lipinski definition) is 1. The second-order valence-corrected chi connectivity index (χ2v) is 30.3. The number of aryl methyl sites for hydroxylation is 3. The van der Waals surface area contributed by atoms with Crippen LogP contribution >= 0.6 is 68.0 Å². The first-order valence-electron chi connectivity index (χ1n) is 31.8. The van der Waals surface area contributed by atoms with Crippen LogP contribution in [0.2, 0.25) is 0 Å². The normalized spacial score (nSPS) is 11.9. The maximum Gasteiger partial charge on any atom is 2.00 e. The zero-order valence-electron chi connectivity index (χ0n) is 51.6. The second kappa shape index (κ2) is 27.2. The van der Waals surface area contributed by atoms with Crippen molar-refractivity contribution in [3.8, 4) is 106 Å². The molecule has 4 aromatic carbocycles. The monoisotopic (exact) mass is 1360 g/mol. The zero-order chi connectivity index (χ0) is 61.5. The van der Waals surface area contributed by atoms with E-state index in [1.165, 1.54) is 121 Å². The summed E-state index contributed by atoms with van der Waals surface area (Å²) in [6.07, 6.45) is 18.3. The van der Waals surface area contributed by atoms with Crippen molar-refractivity contribution in [2.24, 2.45) is 0 Å². The summed E-state index contributed by atoms with van der Waals surface area (Å²) in [4.78, 5) is 70.3. The van der Waals surface area contributed by atoms with Gasteiger partial charge in [-0.1, -0.05) is 121 Å². The summed E-state index contributed by atoms with van der Waals surface area (Å²) in [5, 5.41) is 13.2. The van der Waals surface area contributed by atoms with Crippen LogP contribution in [0, 0.1) is 0 Å². The summed E-state index contributed by atoms with van der Waals surface area (Å²) in [7, 11) is 0. The molecule has 11 heterocycles. The molecule has 17 heteroatoms. The van der Waals surface area contributed by atoms with E-state index in [0.717, 1.165) is 83.6 Å². The molecule has 2 aliphatic rings. The molecule has 0 aliphatic carbocycles. The molecule has 0 radical (unpaired) electrons. The number of hydrogen-bond acceptors (Lipinski definition) is 13. The number of unbranched alkanes of at least 4 members (excludes halogenated alkanes) is 9. The predicted octanol–water partition coefficient (Wildman–Crippen LogP) is 22.6. The van der Waals surface area contributed by atoms with E-state index >= 15 is 0 Å². The van der Waals surface area contributed by atoms with Gasteiger partial charge in [0.15, 0.2) is 0 Å². The van der Waals surface area contributed by atoms with E-state index in [2.05, 4.69) is 148 Å². The molecule has 13 aromatic rings. The van der Waals surface area contributed by atoms with Crippen LogP contribution in [0.1, 0.15) is 123 Å². The fraction of sp³-hybridized carbons (Fsp3) is 0.240. The molecule has 0 unspecified atom stereocenters. The van der Waals surface area contributed by atoms with Gasteiger partial charge in [-0.05, 0) is 180 Å². The molecule has 0 fully saturated rings. The number of nitrogens with zero attached hydrogens (tertiary/aromatic N) is 8. The van der Waals surface area contributed by atoms with Crippen LogP contribution < -0.4 is 9.97 Å². The van der Waals surface area contributed by atoms with Gasteiger partial charge in [-0.25, -0.2) is 14.8 Å². The van der Waals surface area contributed by atoms with E-state index in [1.807, 2.05) is 34.0 Å². The van der Waals surface area contributed by atoms with Crippen LogP contribution in [0.5, 0.6) is 0 Å². The Hall–Kier alpha value is -7.47. The van der Waals surface area contributed by atoms with E-state index in [4.69, 9.17) is 39.9 Å². The molecule has 9 aromatic heterocycles. The molecule has 15 rings (SSSR count). The Morgan fingerprint density at radius 1 is 0.337 bits per heavy atom. The number of carbonyl (C=O) groups is 1. The molecule has 0 saturated heterocycles. The molecule has 0 saturated carbocycles. The number of thiophene rings is 6. The van der Waals surface area contributed by atoms with Crippen molar-refractivity contribution in [3.05, 3.63) is 166 Å². The van der Waals surface area contributed by atoms with Crippen molar-refractivity contribution in [1.82, 2.24) is 39.9 Å². The average Bonchev–Trinajstić information content (AvgIpc) is 1.62. The molecule has 2 aliphatic heterocycles. The molecule has 0 spiro atoms. The number of aromatic nitrogens is 8. The SMILES string of the molecule is CCCCCCc1ccc(-c2ccc(-c3ccc4c(c3)-c3nc-4nc4[n-]c(nc5nc(nc6[n-]c(n3)c3ccc(C(=O)O)cc63)-c3ccc(-c6ccc(-c7ccc(CCCCCC)s7)s6)cc3-5)c3ccc(-c5ccc(-c6ccc(CCCCCC)s6)s5)cc43)s2)s1.[Zn+2]. The molecule has 92 heavy (non-hydrogen) atoms. The van der Waals surface area contributed by atoms with E-state index in [9.17, 15) is 9.90 Å². The van der Waals surface area contributed by atoms with Crippen molar-refractivity contribution in [2.45, 2.75) is 117 Å². The van der Waals surface area contributed by atoms with E-state index in [-0.39, 0.29) is 30.7 Å². The van der Waals surface area contributed by atoms with Gasteiger partial charge >= 0.3 is 25.4 Å². The van der Waals surface area contributed by atoms with Crippen LogP contribution in [0.4, 0.5) is 0 Å². The third-order valence-corrected chi connectivity index (χ3v) is 24.6. The van der Waals surface area contributed by atoms with Crippen molar-refractivity contribution in [1.29, 1.82) is 0 Å². The fourth-order valence-corrected chi connectivity index (χ4v) is 18.7. The Labute approximate surface area is 571 Å². The smallest absolute Gasteiger partial charge is 0.478 e. The Kier molecular flexibility index (Phi) is 18.4. The van der Waals surface area contributed by atoms with Crippen LogP contribution in [0.3, 0.4) is 0 Å². The quantitative estimate of drug-likeness (QED) is 0.0515. The van der Waals surface area contributed by atoms with E-state index in [1.54, 1.807) is 52.2 Å². The topological polar surface area (TPSA) is 143 Å². The van der Waals surface area contributed by atoms with Gasteiger partial charge in [0.2, 0.25) is 0 Å². The number of carboxylic acid groups (broad SMARTS) is 1. The van der Waals surface area contributed by atoms with Crippen LogP contribution in [0.15, 0.2) is 146 Å². The number of rotatable bonds is 22. The number of fused-ring (bicyclic) bond motifs is 20. The number of benzene rings is 4. The fourth-order valence-electron chi connectivity index (χ4n) is 12.2. The van der Waals surface area contributed by atoms with Gasteiger partial charge in [0.05, 0.1) is 28.9 Å². The van der Waals surface area contributed by atoms with Gasteiger partial charge in [0.1, 0.15) is 0 Å². The summed E-state index contributed by atoms with van der Waals surface area (Å²) in [5.74, 6) is 0.668. The van der Waals surface area contributed by atoms with Crippen molar-refractivity contribution < 1.29 is 29.4 Å². The standard InChI is InChI=1S/C75H65N8O2S6.Zn/c1-4-7-10-13-16-47-23-30-61(86-47)64-36-33-58(89-64)43-19-26-50-54(39-43)71-76-67(50)78-72-56-41-45(60-35-38-66(91-60)63-32-25-49(88-63)18-15-12-9-6-3)21-28-52(56)69(80-72)82-74-57-42-46(75(84)85)22-29-53(57)70(83-74)81-73-55-40-44(20-27-51(55)68(77-71)79-73)59-34-37-65(90-59)62-31-24-48(87-62)17-14-11-8-5-2;/h19-42H,4-18H2,1-3H3,(H2-,76,77,78,79,80,81,82,83,84,85);/q-1;+2/p-1. The first-order chi connectivity index (χ1) is 44.7. The summed E-state index contributed by atoms with van der Waals surface area (Å²) in [6, 6.07) is 51.2. The summed E-state index contributed by atoms with van der Waals surface area (Å²) in [6.45, 7) is 6.78.